The van der Waals surface area contributed by atoms with Crippen LogP contribution in [0, 0.1) is 0 Å². The standard InChI is InChI=1S/C56H41N.C37H27N.C19H15Br.H2P/c1-55(2)51-36-42(32-35-48(51)49-33-30-39-20-12-13-26-45(39)54(49)55)57(53-29-17-15-25-44(53)38-18-6-3-7-19-38)43-31-34-47-46-27-14-16-28-50(46)56(52(47)37-43,40-21-8-4-9-22-40)41-23-10-5-11-24-41;1-4-14-27(15-5-1)31-20-11-13-23-36(31)38-30-24-25-33-32-21-10-12-22-34(32)37(35(33)26-30,28-16-6-2-7-17-28)29-18-8-3-9-19-29;1-19(2)17-11-13(20)8-10-15(17)16-9-7-12-5-3-4-6-14(12)18(16)19;/h3-37H,1-2H3;1-26,38H;3-11H,1-2H3;1H2/q;;;-1. The SMILES string of the molecule is CC1(C)c2cc(Br)ccc2-c2ccc3ccccc3c21.CC1(C)c2cc(N(c3ccc4c(c3)C(c3ccccc3)(c3ccccc3)c3ccccc3-4)c3ccccc3-c3ccccc3)ccc2-c2ccc3ccccc3c21.[PH2-].c1ccc(-c2ccccc2Nc2ccc3c(c2)C(c2ccccc2)(c2ccccc2)c2ccccc2-3)cc1. The van der Waals surface area contributed by atoms with Crippen molar-refractivity contribution in [2.45, 2.75) is 49.4 Å². The van der Waals surface area contributed by atoms with E-state index in [4.69, 9.17) is 0 Å². The molecule has 0 atom stereocenters. The molecule has 18 aromatic carbocycles. The molecule has 0 amide bonds. The van der Waals surface area contributed by atoms with E-state index >= 15 is 0 Å². The zero-order valence-corrected chi connectivity index (χ0v) is 68.1. The topological polar surface area (TPSA) is 15.3 Å². The Bertz CT molecular complexity index is 6680. The lowest BCUT2D eigenvalue weighted by Crippen LogP contribution is -2.28. The number of nitrogens with zero attached hydrogens (tertiary/aromatic N) is 1. The third-order valence-electron chi connectivity index (χ3n) is 25.0. The number of nitrogens with one attached hydrogen (secondary N) is 1. The second kappa shape index (κ2) is 29.7. The number of fused-ring (bicyclic) bond motifs is 16. The molecule has 0 aliphatic heterocycles. The Morgan fingerprint density at radius 2 is 0.586 bits per heavy atom. The van der Waals surface area contributed by atoms with Crippen molar-refractivity contribution in [1.29, 1.82) is 0 Å². The lowest BCUT2D eigenvalue weighted by atomic mass is 9.67. The van der Waals surface area contributed by atoms with Crippen LogP contribution < -0.4 is 10.2 Å². The normalized spacial score (nSPS) is 13.8. The monoisotopic (exact) mass is 1570 g/mol. The maximum atomic E-state index is 3.77. The van der Waals surface area contributed by atoms with Gasteiger partial charge in [-0.2, -0.15) is 0 Å². The van der Waals surface area contributed by atoms with Crippen LogP contribution in [0.5, 0.6) is 0 Å². The van der Waals surface area contributed by atoms with Gasteiger partial charge in [-0.05, 0) is 205 Å². The first-order chi connectivity index (χ1) is 56.5. The summed E-state index contributed by atoms with van der Waals surface area (Å²) in [5, 5.41) is 9.09. The first kappa shape index (κ1) is 73.2. The number of hydrogen-bond acceptors (Lipinski definition) is 2. The van der Waals surface area contributed by atoms with Gasteiger partial charge < -0.3 is 20.1 Å². The molecule has 0 heterocycles. The van der Waals surface area contributed by atoms with Crippen molar-refractivity contribution in [3.05, 3.63) is 496 Å². The number of hydrogen-bond donors (Lipinski definition) is 1. The zero-order chi connectivity index (χ0) is 77.4. The molecule has 0 bridgehead atoms. The third-order valence-corrected chi connectivity index (χ3v) is 25.5. The summed E-state index contributed by atoms with van der Waals surface area (Å²) in [4.78, 5) is 2.50. The Hall–Kier alpha value is -13.0. The molecule has 2 nitrogen and oxygen atoms in total. The van der Waals surface area contributed by atoms with Crippen LogP contribution >= 0.6 is 25.8 Å². The first-order valence-electron chi connectivity index (χ1n) is 40.1. The van der Waals surface area contributed by atoms with E-state index < -0.39 is 10.8 Å². The van der Waals surface area contributed by atoms with Gasteiger partial charge in [-0.25, -0.2) is 0 Å². The zero-order valence-electron chi connectivity index (χ0n) is 65.3. The van der Waals surface area contributed by atoms with Crippen molar-refractivity contribution in [3.8, 4) is 66.8 Å². The van der Waals surface area contributed by atoms with Gasteiger partial charge in [0.1, 0.15) is 0 Å². The largest absolute Gasteiger partial charge is 0.577 e. The molecular weight excluding hydrogens is 1480 g/mol. The van der Waals surface area contributed by atoms with E-state index in [0.717, 1.165) is 32.9 Å². The van der Waals surface area contributed by atoms with Crippen molar-refractivity contribution in [2.75, 3.05) is 10.2 Å². The van der Waals surface area contributed by atoms with Crippen LogP contribution in [0.15, 0.2) is 429 Å². The molecule has 0 unspecified atom stereocenters. The predicted octanol–water partition coefficient (Wildman–Crippen LogP) is 30.3. The molecule has 0 fully saturated rings. The minimum atomic E-state index is -0.502. The summed E-state index contributed by atoms with van der Waals surface area (Å²) in [6.45, 7) is 9.46. The molecule has 4 heteroatoms. The molecule has 18 aromatic rings. The van der Waals surface area contributed by atoms with E-state index in [1.807, 2.05) is 0 Å². The Morgan fingerprint density at radius 1 is 0.250 bits per heavy atom. The van der Waals surface area contributed by atoms with E-state index in [9.17, 15) is 0 Å². The highest BCUT2D eigenvalue weighted by molar-refractivity contribution is 9.10. The van der Waals surface area contributed by atoms with E-state index in [2.05, 4.69) is 478 Å². The Balaban J connectivity index is 0.000000130. The lowest BCUT2D eigenvalue weighted by molar-refractivity contribution is 0.666. The van der Waals surface area contributed by atoms with E-state index in [-0.39, 0.29) is 20.7 Å². The Labute approximate surface area is 692 Å². The summed E-state index contributed by atoms with van der Waals surface area (Å²) in [7, 11) is 0. The van der Waals surface area contributed by atoms with Crippen LogP contribution in [-0.2, 0) is 21.7 Å². The van der Waals surface area contributed by atoms with E-state index in [1.54, 1.807) is 0 Å². The number of benzene rings is 18. The highest BCUT2D eigenvalue weighted by Gasteiger charge is 2.49. The molecule has 0 saturated carbocycles. The quantitative estimate of drug-likeness (QED) is 0.130. The minimum Gasteiger partial charge on any atom is -0.577 e. The fourth-order valence-corrected chi connectivity index (χ4v) is 20.3. The number of halogens is 1. The van der Waals surface area contributed by atoms with Crippen LogP contribution in [0.4, 0.5) is 28.4 Å². The molecule has 0 aromatic heterocycles. The minimum absolute atomic E-state index is 0. The summed E-state index contributed by atoms with van der Waals surface area (Å²) in [5.74, 6) is 0. The van der Waals surface area contributed by atoms with Gasteiger partial charge in [0.25, 0.3) is 0 Å². The second-order valence-electron chi connectivity index (χ2n) is 31.9. The average molecular weight is 1570 g/mol. The smallest absolute Gasteiger partial charge is 0.0714 e. The molecule has 22 rings (SSSR count). The molecule has 0 radical (unpaired) electrons. The van der Waals surface area contributed by atoms with Crippen molar-refractivity contribution < 1.29 is 0 Å². The fraction of sp³-hybridized carbons (Fsp3) is 0.0714. The van der Waals surface area contributed by atoms with Gasteiger partial charge in [0, 0.05) is 49.2 Å². The van der Waals surface area contributed by atoms with Gasteiger partial charge >= 0.3 is 0 Å². The number of anilines is 5. The summed E-state index contributed by atoms with van der Waals surface area (Å²) >= 11 is 3.61. The van der Waals surface area contributed by atoms with Crippen molar-refractivity contribution in [1.82, 2.24) is 0 Å². The van der Waals surface area contributed by atoms with Gasteiger partial charge in [-0.1, -0.05) is 408 Å². The van der Waals surface area contributed by atoms with Crippen molar-refractivity contribution in [2.24, 2.45) is 0 Å². The van der Waals surface area contributed by atoms with E-state index in [0.29, 0.717) is 0 Å². The highest BCUT2D eigenvalue weighted by atomic mass is 79.9. The van der Waals surface area contributed by atoms with Crippen molar-refractivity contribution >= 4 is 75.8 Å². The fourth-order valence-electron chi connectivity index (χ4n) is 20.0. The van der Waals surface area contributed by atoms with Gasteiger partial charge in [0.05, 0.1) is 16.5 Å². The summed E-state index contributed by atoms with van der Waals surface area (Å²) in [6, 6.07) is 155. The Morgan fingerprint density at radius 3 is 1.08 bits per heavy atom. The molecule has 4 aliphatic carbocycles. The molecule has 556 valence electrons. The predicted molar refractivity (Wildman–Crippen MR) is 497 cm³/mol. The highest BCUT2D eigenvalue weighted by Crippen LogP contribution is 2.61. The molecule has 1 N–H and O–H groups in total. The molecule has 116 heavy (non-hydrogen) atoms. The Kier molecular flexibility index (Phi) is 18.8. The third kappa shape index (κ3) is 11.9. The lowest BCUT2D eigenvalue weighted by Gasteiger charge is -2.35. The molecule has 0 saturated heterocycles. The summed E-state index contributed by atoms with van der Waals surface area (Å²) in [5.41, 5.74) is 35.8. The van der Waals surface area contributed by atoms with Crippen LogP contribution in [0.25, 0.3) is 88.3 Å². The molecule has 4 aliphatic rings. The van der Waals surface area contributed by atoms with Gasteiger partial charge in [0.15, 0.2) is 0 Å². The van der Waals surface area contributed by atoms with E-state index in [1.165, 1.54) is 155 Å². The van der Waals surface area contributed by atoms with Crippen LogP contribution in [0.2, 0.25) is 0 Å². The van der Waals surface area contributed by atoms with Crippen LogP contribution in [-0.4, -0.2) is 0 Å². The van der Waals surface area contributed by atoms with Crippen LogP contribution in [0.1, 0.15) is 94.5 Å². The van der Waals surface area contributed by atoms with Gasteiger partial charge in [0.2, 0.25) is 0 Å². The molecular formula is C112H85BrN2P-. The van der Waals surface area contributed by atoms with Crippen LogP contribution in [0.3, 0.4) is 0 Å². The van der Waals surface area contributed by atoms with Crippen molar-refractivity contribution in [3.63, 3.8) is 0 Å². The number of para-hydroxylation sites is 2. The summed E-state index contributed by atoms with van der Waals surface area (Å²) < 4.78 is 1.15. The summed E-state index contributed by atoms with van der Waals surface area (Å²) in [6.07, 6.45) is 0. The average Bonchev–Trinajstić information content (AvgIpc) is 1.54. The number of rotatable bonds is 11. The van der Waals surface area contributed by atoms with Gasteiger partial charge in [-0.3, -0.25) is 0 Å². The maximum Gasteiger partial charge on any atom is 0.0714 e. The second-order valence-corrected chi connectivity index (χ2v) is 32.8. The molecule has 0 spiro atoms. The maximum absolute atomic E-state index is 3.77. The first-order valence-corrected chi connectivity index (χ1v) is 40.9. The van der Waals surface area contributed by atoms with Gasteiger partial charge in [-0.15, -0.1) is 0 Å².